The third kappa shape index (κ3) is 3.57. The molecule has 0 fully saturated rings. The Hall–Kier alpha value is -0.960. The zero-order chi connectivity index (χ0) is 14.5. The van der Waals surface area contributed by atoms with Crippen molar-refractivity contribution in [1.29, 1.82) is 0 Å². The molecule has 1 aromatic heterocycles. The number of nitrogens with one attached hydrogen (secondary N) is 1. The van der Waals surface area contributed by atoms with E-state index in [1.165, 1.54) is 29.8 Å². The molecule has 0 aliphatic heterocycles. The van der Waals surface area contributed by atoms with Crippen LogP contribution in [0.2, 0.25) is 0 Å². The molecule has 20 heavy (non-hydrogen) atoms. The normalized spacial score (nSPS) is 19.7. The number of aryl methyl sites for hydroxylation is 2. The first-order chi connectivity index (χ1) is 9.65. The first-order valence-electron chi connectivity index (χ1n) is 8.22. The molecular weight excluding hydrogens is 246 g/mol. The first kappa shape index (κ1) is 15.4. The zero-order valence-corrected chi connectivity index (χ0v) is 13.5. The minimum absolute atomic E-state index is 0.475. The van der Waals surface area contributed by atoms with Gasteiger partial charge < -0.3 is 5.32 Å². The molecule has 0 saturated heterocycles. The molecule has 0 spiro atoms. The predicted molar refractivity (Wildman–Crippen MR) is 84.2 cm³/mol. The molecule has 1 aromatic rings. The van der Waals surface area contributed by atoms with Gasteiger partial charge in [0.15, 0.2) is 0 Å². The van der Waals surface area contributed by atoms with E-state index in [1.54, 1.807) is 0 Å². The first-order valence-corrected chi connectivity index (χ1v) is 8.22. The Morgan fingerprint density at radius 1 is 1.30 bits per heavy atom. The Labute approximate surface area is 123 Å². The van der Waals surface area contributed by atoms with Gasteiger partial charge in [0.1, 0.15) is 5.82 Å². The molecule has 2 unspecified atom stereocenters. The van der Waals surface area contributed by atoms with Gasteiger partial charge in [-0.1, -0.05) is 20.8 Å². The highest BCUT2D eigenvalue weighted by atomic mass is 14.9. The summed E-state index contributed by atoms with van der Waals surface area (Å²) in [7, 11) is 0. The van der Waals surface area contributed by atoms with Crippen LogP contribution in [0.3, 0.4) is 0 Å². The number of nitrogens with zero attached hydrogens (tertiary/aromatic N) is 2. The molecule has 2 rings (SSSR count). The fourth-order valence-electron chi connectivity index (χ4n) is 2.94. The van der Waals surface area contributed by atoms with Gasteiger partial charge >= 0.3 is 0 Å². The zero-order valence-electron chi connectivity index (χ0n) is 13.5. The second kappa shape index (κ2) is 7.16. The lowest BCUT2D eigenvalue weighted by Gasteiger charge is -2.26. The van der Waals surface area contributed by atoms with E-state index >= 15 is 0 Å². The molecule has 1 N–H and O–H groups in total. The third-order valence-corrected chi connectivity index (χ3v) is 4.51. The van der Waals surface area contributed by atoms with Crippen molar-refractivity contribution in [2.75, 3.05) is 13.1 Å². The van der Waals surface area contributed by atoms with E-state index in [9.17, 15) is 0 Å². The van der Waals surface area contributed by atoms with Gasteiger partial charge in [-0.2, -0.15) is 0 Å². The SMILES string of the molecule is CCCNCC1CCc2nc(C(C)CC)nc(C)c2C1. The Morgan fingerprint density at radius 3 is 2.80 bits per heavy atom. The molecule has 0 amide bonds. The lowest BCUT2D eigenvalue weighted by molar-refractivity contribution is 0.417. The van der Waals surface area contributed by atoms with Crippen LogP contribution in [-0.2, 0) is 12.8 Å². The van der Waals surface area contributed by atoms with Crippen LogP contribution in [0.15, 0.2) is 0 Å². The Balaban J connectivity index is 2.09. The van der Waals surface area contributed by atoms with E-state index in [0.717, 1.165) is 44.1 Å². The Bertz CT molecular complexity index is 442. The van der Waals surface area contributed by atoms with Gasteiger partial charge in [-0.25, -0.2) is 9.97 Å². The van der Waals surface area contributed by atoms with Crippen LogP contribution in [0.4, 0.5) is 0 Å². The molecular formula is C17H29N3. The van der Waals surface area contributed by atoms with Gasteiger partial charge in [-0.15, -0.1) is 0 Å². The number of hydrogen-bond acceptors (Lipinski definition) is 3. The van der Waals surface area contributed by atoms with Crippen LogP contribution in [0.1, 0.15) is 68.7 Å². The van der Waals surface area contributed by atoms with Gasteiger partial charge in [0.25, 0.3) is 0 Å². The maximum Gasteiger partial charge on any atom is 0.131 e. The van der Waals surface area contributed by atoms with Crippen LogP contribution in [0.25, 0.3) is 0 Å². The summed E-state index contributed by atoms with van der Waals surface area (Å²) in [4.78, 5) is 9.60. The van der Waals surface area contributed by atoms with Crippen LogP contribution in [0.5, 0.6) is 0 Å². The molecule has 3 heteroatoms. The van der Waals surface area contributed by atoms with E-state index in [-0.39, 0.29) is 0 Å². The average Bonchev–Trinajstić information content (AvgIpc) is 2.47. The van der Waals surface area contributed by atoms with Crippen LogP contribution in [0, 0.1) is 12.8 Å². The lowest BCUT2D eigenvalue weighted by atomic mass is 9.85. The largest absolute Gasteiger partial charge is 0.316 e. The molecule has 1 heterocycles. The minimum atomic E-state index is 0.475. The summed E-state index contributed by atoms with van der Waals surface area (Å²) in [6.45, 7) is 11.1. The van der Waals surface area contributed by atoms with Crippen molar-refractivity contribution >= 4 is 0 Å². The summed E-state index contributed by atoms with van der Waals surface area (Å²) in [5.74, 6) is 2.28. The van der Waals surface area contributed by atoms with Gasteiger partial charge in [0.2, 0.25) is 0 Å². The van der Waals surface area contributed by atoms with Crippen molar-refractivity contribution in [1.82, 2.24) is 15.3 Å². The monoisotopic (exact) mass is 275 g/mol. The quantitative estimate of drug-likeness (QED) is 0.809. The summed E-state index contributed by atoms with van der Waals surface area (Å²) in [5, 5.41) is 3.55. The highest BCUT2D eigenvalue weighted by Gasteiger charge is 2.23. The Morgan fingerprint density at radius 2 is 2.10 bits per heavy atom. The maximum absolute atomic E-state index is 4.84. The van der Waals surface area contributed by atoms with E-state index < -0.39 is 0 Å². The highest BCUT2D eigenvalue weighted by Crippen LogP contribution is 2.27. The smallest absolute Gasteiger partial charge is 0.131 e. The maximum atomic E-state index is 4.84. The van der Waals surface area contributed by atoms with Gasteiger partial charge in [0.05, 0.1) is 0 Å². The fraction of sp³-hybridized carbons (Fsp3) is 0.765. The standard InChI is InChI=1S/C17H29N3/c1-5-9-18-11-14-7-8-16-15(10-14)13(4)19-17(20-16)12(3)6-2/h12,14,18H,5-11H2,1-4H3. The second-order valence-electron chi connectivity index (χ2n) is 6.21. The van der Waals surface area contributed by atoms with Crippen LogP contribution in [-0.4, -0.2) is 23.1 Å². The molecule has 1 aliphatic carbocycles. The van der Waals surface area contributed by atoms with Crippen molar-refractivity contribution in [3.8, 4) is 0 Å². The number of aromatic nitrogens is 2. The third-order valence-electron chi connectivity index (χ3n) is 4.51. The average molecular weight is 275 g/mol. The summed E-state index contributed by atoms with van der Waals surface area (Å²) in [6, 6.07) is 0. The topological polar surface area (TPSA) is 37.8 Å². The number of fused-ring (bicyclic) bond motifs is 1. The Kier molecular flexibility index (Phi) is 5.53. The molecule has 0 aromatic carbocycles. The van der Waals surface area contributed by atoms with Crippen molar-refractivity contribution in [2.24, 2.45) is 5.92 Å². The molecule has 0 bridgehead atoms. The fourth-order valence-corrected chi connectivity index (χ4v) is 2.94. The van der Waals surface area contributed by atoms with Crippen molar-refractivity contribution in [3.63, 3.8) is 0 Å². The summed E-state index contributed by atoms with van der Waals surface area (Å²) in [6.07, 6.45) is 5.87. The van der Waals surface area contributed by atoms with Crippen molar-refractivity contribution in [2.45, 2.75) is 65.7 Å². The van der Waals surface area contributed by atoms with Crippen LogP contribution < -0.4 is 5.32 Å². The minimum Gasteiger partial charge on any atom is -0.316 e. The van der Waals surface area contributed by atoms with Crippen molar-refractivity contribution in [3.05, 3.63) is 22.8 Å². The molecule has 3 nitrogen and oxygen atoms in total. The van der Waals surface area contributed by atoms with E-state index in [4.69, 9.17) is 9.97 Å². The van der Waals surface area contributed by atoms with E-state index in [0.29, 0.717) is 5.92 Å². The lowest BCUT2D eigenvalue weighted by Crippen LogP contribution is -2.29. The second-order valence-corrected chi connectivity index (χ2v) is 6.21. The van der Waals surface area contributed by atoms with Gasteiger partial charge in [-0.05, 0) is 63.6 Å². The highest BCUT2D eigenvalue weighted by molar-refractivity contribution is 5.29. The molecule has 0 radical (unpaired) electrons. The van der Waals surface area contributed by atoms with E-state index in [1.807, 2.05) is 0 Å². The summed E-state index contributed by atoms with van der Waals surface area (Å²) in [5.41, 5.74) is 3.96. The van der Waals surface area contributed by atoms with E-state index in [2.05, 4.69) is 33.0 Å². The molecule has 2 atom stereocenters. The predicted octanol–water partition coefficient (Wildman–Crippen LogP) is 3.40. The van der Waals surface area contributed by atoms with Crippen LogP contribution >= 0.6 is 0 Å². The van der Waals surface area contributed by atoms with Gasteiger partial charge in [0, 0.05) is 17.3 Å². The molecule has 0 saturated carbocycles. The van der Waals surface area contributed by atoms with Gasteiger partial charge in [-0.3, -0.25) is 0 Å². The summed E-state index contributed by atoms with van der Waals surface area (Å²) < 4.78 is 0. The number of hydrogen-bond donors (Lipinski definition) is 1. The molecule has 112 valence electrons. The summed E-state index contributed by atoms with van der Waals surface area (Å²) >= 11 is 0. The molecule has 1 aliphatic rings. The van der Waals surface area contributed by atoms with Crippen molar-refractivity contribution < 1.29 is 0 Å². The number of rotatable bonds is 6.